The first-order valence-electron chi connectivity index (χ1n) is 8.57. The van der Waals surface area contributed by atoms with Crippen LogP contribution in [0.1, 0.15) is 30.3 Å². The maximum Gasteiger partial charge on any atom is 0.128 e. The van der Waals surface area contributed by atoms with Crippen LogP contribution >= 0.6 is 11.6 Å². The van der Waals surface area contributed by atoms with Gasteiger partial charge in [0.15, 0.2) is 0 Å². The molecule has 3 aromatic rings. The van der Waals surface area contributed by atoms with Gasteiger partial charge in [-0.05, 0) is 37.1 Å². The van der Waals surface area contributed by atoms with E-state index < -0.39 is 0 Å². The van der Waals surface area contributed by atoms with Crippen molar-refractivity contribution in [3.8, 4) is 0 Å². The number of piperidine rings is 1. The van der Waals surface area contributed by atoms with Gasteiger partial charge in [-0.25, -0.2) is 9.97 Å². The summed E-state index contributed by atoms with van der Waals surface area (Å²) in [5.41, 5.74) is 1.06. The molecular weight excluding hydrogens is 334 g/mol. The zero-order valence-corrected chi connectivity index (χ0v) is 14.7. The number of aromatic nitrogens is 4. The summed E-state index contributed by atoms with van der Waals surface area (Å²) in [5, 5.41) is 0.676. The SMILES string of the molecule is Clc1ccc(N2CCC(c3nccn3Cc3ccccn3)CC2)nc1. The molecule has 0 aromatic carbocycles. The minimum absolute atomic E-state index is 0.474. The number of nitrogens with zero attached hydrogens (tertiary/aromatic N) is 5. The van der Waals surface area contributed by atoms with Crippen molar-refractivity contribution in [2.45, 2.75) is 25.3 Å². The maximum atomic E-state index is 5.93. The molecule has 0 atom stereocenters. The Hall–Kier alpha value is -2.40. The highest BCUT2D eigenvalue weighted by molar-refractivity contribution is 6.30. The third-order valence-corrected chi connectivity index (χ3v) is 4.93. The van der Waals surface area contributed by atoms with Gasteiger partial charge in [0.25, 0.3) is 0 Å². The summed E-state index contributed by atoms with van der Waals surface area (Å²) in [5.74, 6) is 2.64. The van der Waals surface area contributed by atoms with Crippen molar-refractivity contribution in [1.82, 2.24) is 19.5 Å². The summed E-state index contributed by atoms with van der Waals surface area (Å²) in [7, 11) is 0. The Morgan fingerprint density at radius 3 is 2.60 bits per heavy atom. The Kier molecular flexibility index (Phi) is 4.65. The van der Waals surface area contributed by atoms with Crippen molar-refractivity contribution in [2.75, 3.05) is 18.0 Å². The average Bonchev–Trinajstić information content (AvgIpc) is 3.11. The van der Waals surface area contributed by atoms with Crippen LogP contribution in [-0.4, -0.2) is 32.6 Å². The second-order valence-electron chi connectivity index (χ2n) is 6.33. The number of pyridine rings is 2. The van der Waals surface area contributed by atoms with Crippen molar-refractivity contribution in [3.63, 3.8) is 0 Å². The molecule has 0 amide bonds. The van der Waals surface area contributed by atoms with Gasteiger partial charge in [0.05, 0.1) is 17.3 Å². The fourth-order valence-electron chi connectivity index (χ4n) is 3.40. The summed E-state index contributed by atoms with van der Waals surface area (Å²) in [6.45, 7) is 2.74. The molecule has 6 heteroatoms. The summed E-state index contributed by atoms with van der Waals surface area (Å²) < 4.78 is 2.23. The normalized spacial score (nSPS) is 15.5. The van der Waals surface area contributed by atoms with E-state index in [0.29, 0.717) is 10.9 Å². The van der Waals surface area contributed by atoms with Gasteiger partial charge in [0.2, 0.25) is 0 Å². The predicted molar refractivity (Wildman–Crippen MR) is 99.0 cm³/mol. The lowest BCUT2D eigenvalue weighted by atomic mass is 9.96. The van der Waals surface area contributed by atoms with Gasteiger partial charge in [0, 0.05) is 43.8 Å². The van der Waals surface area contributed by atoms with E-state index in [2.05, 4.69) is 36.7 Å². The Labute approximate surface area is 152 Å². The summed E-state index contributed by atoms with van der Waals surface area (Å²) in [4.78, 5) is 15.8. The van der Waals surface area contributed by atoms with E-state index in [1.165, 1.54) is 0 Å². The molecule has 1 aliphatic rings. The largest absolute Gasteiger partial charge is 0.357 e. The van der Waals surface area contributed by atoms with Gasteiger partial charge >= 0.3 is 0 Å². The molecule has 0 spiro atoms. The molecule has 128 valence electrons. The molecule has 0 aliphatic carbocycles. The topological polar surface area (TPSA) is 46.8 Å². The highest BCUT2D eigenvalue weighted by Crippen LogP contribution is 2.29. The molecule has 0 radical (unpaired) electrons. The Morgan fingerprint density at radius 1 is 1.00 bits per heavy atom. The minimum Gasteiger partial charge on any atom is -0.357 e. The Bertz CT molecular complexity index is 807. The first kappa shape index (κ1) is 16.1. The van der Waals surface area contributed by atoms with Gasteiger partial charge in [-0.15, -0.1) is 0 Å². The monoisotopic (exact) mass is 353 g/mol. The van der Waals surface area contributed by atoms with Crippen molar-refractivity contribution < 1.29 is 0 Å². The molecule has 1 saturated heterocycles. The number of hydrogen-bond acceptors (Lipinski definition) is 4. The minimum atomic E-state index is 0.474. The molecule has 5 nitrogen and oxygen atoms in total. The lowest BCUT2D eigenvalue weighted by Crippen LogP contribution is -2.34. The molecule has 1 fully saturated rings. The molecule has 1 aliphatic heterocycles. The van der Waals surface area contributed by atoms with Crippen molar-refractivity contribution in [3.05, 3.63) is 71.7 Å². The van der Waals surface area contributed by atoms with Crippen LogP contribution in [0.25, 0.3) is 0 Å². The summed E-state index contributed by atoms with van der Waals surface area (Å²) in [6, 6.07) is 9.91. The average molecular weight is 354 g/mol. The van der Waals surface area contributed by atoms with E-state index in [1.54, 1.807) is 6.20 Å². The maximum absolute atomic E-state index is 5.93. The Morgan fingerprint density at radius 2 is 1.88 bits per heavy atom. The molecule has 4 rings (SSSR count). The molecule has 3 aromatic heterocycles. The van der Waals surface area contributed by atoms with Crippen LogP contribution in [0, 0.1) is 0 Å². The van der Waals surface area contributed by atoms with Crippen molar-refractivity contribution in [1.29, 1.82) is 0 Å². The van der Waals surface area contributed by atoms with E-state index in [0.717, 1.165) is 49.8 Å². The van der Waals surface area contributed by atoms with Crippen molar-refractivity contribution in [2.24, 2.45) is 0 Å². The molecule has 0 saturated carbocycles. The van der Waals surface area contributed by atoms with Gasteiger partial charge in [-0.2, -0.15) is 0 Å². The molecule has 25 heavy (non-hydrogen) atoms. The fourth-order valence-corrected chi connectivity index (χ4v) is 3.51. The van der Waals surface area contributed by atoms with E-state index in [4.69, 9.17) is 11.6 Å². The van der Waals surface area contributed by atoms with E-state index in [1.807, 2.05) is 36.7 Å². The van der Waals surface area contributed by atoms with Crippen LogP contribution in [0.3, 0.4) is 0 Å². The first-order chi connectivity index (χ1) is 12.3. The molecule has 0 N–H and O–H groups in total. The molecular formula is C19H20ClN5. The third kappa shape index (κ3) is 3.66. The highest BCUT2D eigenvalue weighted by atomic mass is 35.5. The number of hydrogen-bond donors (Lipinski definition) is 0. The van der Waals surface area contributed by atoms with Crippen LogP contribution < -0.4 is 4.90 Å². The van der Waals surface area contributed by atoms with E-state index in [-0.39, 0.29) is 0 Å². The first-order valence-corrected chi connectivity index (χ1v) is 8.95. The zero-order chi connectivity index (χ0) is 17.1. The smallest absolute Gasteiger partial charge is 0.128 e. The fraction of sp³-hybridized carbons (Fsp3) is 0.316. The van der Waals surface area contributed by atoms with Gasteiger partial charge in [0.1, 0.15) is 11.6 Å². The van der Waals surface area contributed by atoms with Crippen molar-refractivity contribution >= 4 is 17.4 Å². The lowest BCUT2D eigenvalue weighted by molar-refractivity contribution is 0.468. The molecule has 0 unspecified atom stereocenters. The van der Waals surface area contributed by atoms with Gasteiger partial charge in [-0.1, -0.05) is 17.7 Å². The van der Waals surface area contributed by atoms with E-state index in [9.17, 15) is 0 Å². The van der Waals surface area contributed by atoms with Crippen LogP contribution in [0.2, 0.25) is 5.02 Å². The van der Waals surface area contributed by atoms with Gasteiger partial charge in [-0.3, -0.25) is 4.98 Å². The van der Waals surface area contributed by atoms with Crippen LogP contribution in [-0.2, 0) is 6.54 Å². The summed E-state index contributed by atoms with van der Waals surface area (Å²) in [6.07, 6.45) is 9.64. The quantitative estimate of drug-likeness (QED) is 0.716. The Balaban J connectivity index is 1.43. The van der Waals surface area contributed by atoms with Crippen LogP contribution in [0.5, 0.6) is 0 Å². The second kappa shape index (κ2) is 7.23. The number of imidazole rings is 1. The molecule has 4 heterocycles. The van der Waals surface area contributed by atoms with Gasteiger partial charge < -0.3 is 9.47 Å². The zero-order valence-electron chi connectivity index (χ0n) is 13.9. The lowest BCUT2D eigenvalue weighted by Gasteiger charge is -2.32. The third-order valence-electron chi connectivity index (χ3n) is 4.70. The number of rotatable bonds is 4. The van der Waals surface area contributed by atoms with Crippen LogP contribution in [0.15, 0.2) is 55.1 Å². The standard InChI is InChI=1S/C19H20ClN5/c20-16-4-5-18(23-13-16)24-10-6-15(7-11-24)19-22-9-12-25(19)14-17-3-1-2-8-21-17/h1-5,8-9,12-13,15H,6-7,10-11,14H2. The van der Waals surface area contributed by atoms with Crippen LogP contribution in [0.4, 0.5) is 5.82 Å². The predicted octanol–water partition coefficient (Wildman–Crippen LogP) is 3.76. The second-order valence-corrected chi connectivity index (χ2v) is 6.77. The number of halogens is 1. The van der Waals surface area contributed by atoms with E-state index >= 15 is 0 Å². The highest BCUT2D eigenvalue weighted by Gasteiger charge is 2.24. The number of anilines is 1. The molecule has 0 bridgehead atoms. The summed E-state index contributed by atoms with van der Waals surface area (Å²) >= 11 is 5.93.